The number of ether oxygens (including phenoxy) is 1. The lowest BCUT2D eigenvalue weighted by Crippen LogP contribution is -2.47. The van der Waals surface area contributed by atoms with Gasteiger partial charge in [0.15, 0.2) is 11.6 Å². The number of rotatable bonds is 1. The minimum atomic E-state index is -0.742. The van der Waals surface area contributed by atoms with E-state index in [1.54, 1.807) is 11.8 Å². The molecule has 0 spiro atoms. The molecule has 2 atom stereocenters. The molecule has 2 aromatic rings. The van der Waals surface area contributed by atoms with Gasteiger partial charge in [0.05, 0.1) is 11.4 Å². The van der Waals surface area contributed by atoms with Gasteiger partial charge in [0.25, 0.3) is 5.56 Å². The SMILES string of the molecule is CC1COc2c(N3CC[C@H](N)C3)c(F)cc3c(=O)n(N)c(=O)n1c23. The topological polar surface area (TPSA) is 109 Å². The van der Waals surface area contributed by atoms with Crippen molar-refractivity contribution in [2.24, 2.45) is 5.73 Å². The van der Waals surface area contributed by atoms with Gasteiger partial charge < -0.3 is 21.2 Å². The number of nitrogen functional groups attached to an aromatic ring is 1. The van der Waals surface area contributed by atoms with Gasteiger partial charge in [-0.25, -0.2) is 9.18 Å². The van der Waals surface area contributed by atoms with Gasteiger partial charge in [-0.15, -0.1) is 0 Å². The lowest BCUT2D eigenvalue weighted by Gasteiger charge is -2.30. The van der Waals surface area contributed by atoms with Crippen LogP contribution in [-0.2, 0) is 0 Å². The minimum absolute atomic E-state index is 0.0309. The fraction of sp³-hybridized carbons (Fsp3) is 0.467. The van der Waals surface area contributed by atoms with Crippen molar-refractivity contribution in [3.63, 3.8) is 0 Å². The first-order valence-electron chi connectivity index (χ1n) is 7.82. The van der Waals surface area contributed by atoms with Crippen LogP contribution in [0.2, 0.25) is 0 Å². The van der Waals surface area contributed by atoms with Crippen LogP contribution in [0, 0.1) is 5.82 Å². The zero-order chi connectivity index (χ0) is 17.2. The molecule has 0 aliphatic carbocycles. The van der Waals surface area contributed by atoms with Crippen LogP contribution in [0.1, 0.15) is 19.4 Å². The van der Waals surface area contributed by atoms with E-state index in [1.165, 1.54) is 4.57 Å². The van der Waals surface area contributed by atoms with Crippen LogP contribution in [0.5, 0.6) is 5.75 Å². The molecule has 3 heterocycles. The molecule has 0 amide bonds. The highest BCUT2D eigenvalue weighted by atomic mass is 19.1. The standard InChI is InChI=1S/C15H18FN5O3/c1-7-6-24-13-11-9(14(22)21(18)15(23)20(7)11)4-10(16)12(13)19-3-2-8(17)5-19/h4,7-8H,2-3,5-6,17-18H2,1H3/t7?,8-/m0/s1. The summed E-state index contributed by atoms with van der Waals surface area (Å²) in [5.41, 5.74) is 5.09. The van der Waals surface area contributed by atoms with Crippen molar-refractivity contribution < 1.29 is 9.13 Å². The Balaban J connectivity index is 2.12. The molecule has 4 N–H and O–H groups in total. The van der Waals surface area contributed by atoms with Gasteiger partial charge in [-0.3, -0.25) is 9.36 Å². The summed E-state index contributed by atoms with van der Waals surface area (Å²) in [5.74, 6) is 5.20. The molecule has 0 saturated carbocycles. The third-order valence-corrected chi connectivity index (χ3v) is 4.74. The molecule has 2 aliphatic rings. The van der Waals surface area contributed by atoms with Crippen LogP contribution in [0.25, 0.3) is 10.9 Å². The van der Waals surface area contributed by atoms with Gasteiger partial charge in [0.2, 0.25) is 0 Å². The average Bonchev–Trinajstić information content (AvgIpc) is 2.97. The molecule has 1 aromatic carbocycles. The zero-order valence-corrected chi connectivity index (χ0v) is 13.2. The fourth-order valence-corrected chi connectivity index (χ4v) is 3.55. The first-order chi connectivity index (χ1) is 11.4. The average molecular weight is 335 g/mol. The Morgan fingerprint density at radius 1 is 1.38 bits per heavy atom. The second-order valence-electron chi connectivity index (χ2n) is 6.41. The van der Waals surface area contributed by atoms with Gasteiger partial charge in [0, 0.05) is 19.1 Å². The van der Waals surface area contributed by atoms with Crippen LogP contribution in [0.15, 0.2) is 15.7 Å². The van der Waals surface area contributed by atoms with Crippen LogP contribution in [0.3, 0.4) is 0 Å². The third kappa shape index (κ3) is 1.87. The fourth-order valence-electron chi connectivity index (χ4n) is 3.55. The molecule has 1 fully saturated rings. The van der Waals surface area contributed by atoms with Crippen LogP contribution in [0.4, 0.5) is 10.1 Å². The molecule has 1 saturated heterocycles. The van der Waals surface area contributed by atoms with Crippen LogP contribution in [-0.4, -0.2) is 35.0 Å². The van der Waals surface area contributed by atoms with Crippen molar-refractivity contribution in [1.29, 1.82) is 0 Å². The molecule has 9 heteroatoms. The summed E-state index contributed by atoms with van der Waals surface area (Å²) >= 11 is 0. The summed E-state index contributed by atoms with van der Waals surface area (Å²) in [4.78, 5) is 26.5. The van der Waals surface area contributed by atoms with Crippen molar-refractivity contribution in [1.82, 2.24) is 9.24 Å². The molecule has 0 radical (unpaired) electrons. The second-order valence-corrected chi connectivity index (χ2v) is 6.41. The van der Waals surface area contributed by atoms with Crippen molar-refractivity contribution in [3.8, 4) is 5.75 Å². The number of halogens is 1. The maximum absolute atomic E-state index is 14.8. The van der Waals surface area contributed by atoms with Gasteiger partial charge in [-0.2, -0.15) is 4.68 Å². The van der Waals surface area contributed by atoms with E-state index in [2.05, 4.69) is 0 Å². The van der Waals surface area contributed by atoms with E-state index in [1.807, 2.05) is 0 Å². The molecule has 1 unspecified atom stereocenters. The summed E-state index contributed by atoms with van der Waals surface area (Å²) in [6.07, 6.45) is 0.741. The van der Waals surface area contributed by atoms with Gasteiger partial charge in [0.1, 0.15) is 17.8 Å². The van der Waals surface area contributed by atoms with Crippen molar-refractivity contribution >= 4 is 16.6 Å². The third-order valence-electron chi connectivity index (χ3n) is 4.74. The van der Waals surface area contributed by atoms with Crippen molar-refractivity contribution in [3.05, 3.63) is 32.7 Å². The quantitative estimate of drug-likeness (QED) is 0.681. The number of anilines is 1. The van der Waals surface area contributed by atoms with E-state index in [9.17, 15) is 14.0 Å². The highest BCUT2D eigenvalue weighted by Gasteiger charge is 2.32. The number of aromatic nitrogens is 2. The maximum atomic E-state index is 14.8. The van der Waals surface area contributed by atoms with Crippen molar-refractivity contribution in [2.45, 2.75) is 25.4 Å². The minimum Gasteiger partial charge on any atom is -0.487 e. The number of nitrogens with zero attached hydrogens (tertiary/aromatic N) is 3. The highest BCUT2D eigenvalue weighted by Crippen LogP contribution is 2.41. The number of hydrogen-bond donors (Lipinski definition) is 2. The molecule has 4 rings (SSSR count). The summed E-state index contributed by atoms with van der Waals surface area (Å²) in [6.45, 7) is 3.06. The monoisotopic (exact) mass is 335 g/mol. The molecule has 128 valence electrons. The van der Waals surface area contributed by atoms with Gasteiger partial charge in [-0.1, -0.05) is 0 Å². The molecular weight excluding hydrogens is 317 g/mol. The van der Waals surface area contributed by atoms with E-state index in [0.29, 0.717) is 23.3 Å². The Hall–Kier alpha value is -2.55. The Bertz CT molecular complexity index is 966. The van der Waals surface area contributed by atoms with E-state index in [0.717, 1.165) is 12.5 Å². The first-order valence-corrected chi connectivity index (χ1v) is 7.82. The number of benzene rings is 1. The van der Waals surface area contributed by atoms with Gasteiger partial charge in [-0.05, 0) is 19.4 Å². The summed E-state index contributed by atoms with van der Waals surface area (Å²) in [6, 6.07) is 0.761. The number of nitrogens with two attached hydrogens (primary N) is 2. The van der Waals surface area contributed by atoms with E-state index < -0.39 is 17.1 Å². The normalized spacial score (nSPS) is 22.9. The highest BCUT2D eigenvalue weighted by molar-refractivity contribution is 5.91. The summed E-state index contributed by atoms with van der Waals surface area (Å²) < 4.78 is 22.4. The summed E-state index contributed by atoms with van der Waals surface area (Å²) in [5, 5.41) is 0.0309. The van der Waals surface area contributed by atoms with E-state index in [4.69, 9.17) is 16.3 Å². The summed E-state index contributed by atoms with van der Waals surface area (Å²) in [7, 11) is 0. The maximum Gasteiger partial charge on any atom is 0.350 e. The zero-order valence-electron chi connectivity index (χ0n) is 13.2. The Morgan fingerprint density at radius 2 is 2.12 bits per heavy atom. The number of hydrogen-bond acceptors (Lipinski definition) is 6. The Labute approximate surface area is 136 Å². The van der Waals surface area contributed by atoms with E-state index in [-0.39, 0.29) is 35.5 Å². The lowest BCUT2D eigenvalue weighted by molar-refractivity contribution is 0.241. The second kappa shape index (κ2) is 4.97. The Kier molecular flexibility index (Phi) is 3.11. The molecule has 24 heavy (non-hydrogen) atoms. The van der Waals surface area contributed by atoms with Crippen LogP contribution >= 0.6 is 0 Å². The molecule has 8 nitrogen and oxygen atoms in total. The van der Waals surface area contributed by atoms with Crippen LogP contribution < -0.4 is 32.5 Å². The molecule has 0 bridgehead atoms. The predicted octanol–water partition coefficient (Wildman–Crippen LogP) is -0.493. The smallest absolute Gasteiger partial charge is 0.350 e. The Morgan fingerprint density at radius 3 is 2.79 bits per heavy atom. The van der Waals surface area contributed by atoms with Gasteiger partial charge >= 0.3 is 5.69 Å². The predicted molar refractivity (Wildman–Crippen MR) is 87.6 cm³/mol. The van der Waals surface area contributed by atoms with E-state index >= 15 is 0 Å². The largest absolute Gasteiger partial charge is 0.487 e. The van der Waals surface area contributed by atoms with Crippen molar-refractivity contribution in [2.75, 3.05) is 30.4 Å². The first kappa shape index (κ1) is 15.0. The molecule has 2 aliphatic heterocycles. The lowest BCUT2D eigenvalue weighted by atomic mass is 10.1. The molecular formula is C15H18FN5O3. The molecule has 1 aromatic heterocycles.